The van der Waals surface area contributed by atoms with Gasteiger partial charge in [-0.3, -0.25) is 9.69 Å². The number of carbonyl (C=O) groups excluding carboxylic acids is 1. The quantitative estimate of drug-likeness (QED) is 0.859. The van der Waals surface area contributed by atoms with Gasteiger partial charge >= 0.3 is 0 Å². The molecule has 5 nitrogen and oxygen atoms in total. The van der Waals surface area contributed by atoms with Crippen LogP contribution in [0.5, 0.6) is 0 Å². The lowest BCUT2D eigenvalue weighted by Gasteiger charge is -2.34. The standard InChI is InChI=1S/C16H20N4O/c1-13-17-10-15(18(13)2)11-19-8-9-20(16(21)12-19)14-6-4-3-5-7-14/h3-7,10H,8-9,11-12H2,1-2H3. The van der Waals surface area contributed by atoms with Gasteiger partial charge in [0.25, 0.3) is 0 Å². The third kappa shape index (κ3) is 2.83. The van der Waals surface area contributed by atoms with Gasteiger partial charge < -0.3 is 9.47 Å². The van der Waals surface area contributed by atoms with Crippen molar-refractivity contribution in [2.45, 2.75) is 13.5 Å². The fourth-order valence-electron chi connectivity index (χ4n) is 2.66. The van der Waals surface area contributed by atoms with Crippen molar-refractivity contribution in [2.75, 3.05) is 24.5 Å². The van der Waals surface area contributed by atoms with Crippen molar-refractivity contribution in [3.05, 3.63) is 48.0 Å². The van der Waals surface area contributed by atoms with Gasteiger partial charge in [0, 0.05) is 38.6 Å². The summed E-state index contributed by atoms with van der Waals surface area (Å²) in [4.78, 5) is 20.7. The van der Waals surface area contributed by atoms with Crippen LogP contribution >= 0.6 is 0 Å². The second-order valence-electron chi connectivity index (χ2n) is 5.45. The SMILES string of the molecule is Cc1ncc(CN2CCN(c3ccccc3)C(=O)C2)n1C. The highest BCUT2D eigenvalue weighted by molar-refractivity contribution is 5.95. The maximum Gasteiger partial charge on any atom is 0.241 e. The minimum Gasteiger partial charge on any atom is -0.334 e. The first-order valence-corrected chi connectivity index (χ1v) is 7.20. The van der Waals surface area contributed by atoms with Gasteiger partial charge in [0.2, 0.25) is 5.91 Å². The van der Waals surface area contributed by atoms with E-state index in [4.69, 9.17) is 0 Å². The zero-order valence-electron chi connectivity index (χ0n) is 12.5. The third-order valence-electron chi connectivity index (χ3n) is 4.07. The molecular weight excluding hydrogens is 264 g/mol. The summed E-state index contributed by atoms with van der Waals surface area (Å²) in [6.45, 7) is 4.83. The largest absolute Gasteiger partial charge is 0.334 e. The second kappa shape index (κ2) is 5.69. The van der Waals surface area contributed by atoms with Crippen molar-refractivity contribution in [1.82, 2.24) is 14.5 Å². The Morgan fingerprint density at radius 2 is 1.95 bits per heavy atom. The molecule has 0 atom stereocenters. The molecular formula is C16H20N4O. The second-order valence-corrected chi connectivity index (χ2v) is 5.45. The number of nitrogens with zero attached hydrogens (tertiary/aromatic N) is 4. The number of anilines is 1. The average molecular weight is 284 g/mol. The number of imidazole rings is 1. The molecule has 0 N–H and O–H groups in total. The summed E-state index contributed by atoms with van der Waals surface area (Å²) >= 11 is 0. The number of carbonyl (C=O) groups is 1. The number of hydrogen-bond acceptors (Lipinski definition) is 3. The lowest BCUT2D eigenvalue weighted by atomic mass is 10.2. The lowest BCUT2D eigenvalue weighted by molar-refractivity contribution is -0.121. The van der Waals surface area contributed by atoms with Gasteiger partial charge in [-0.15, -0.1) is 0 Å². The Morgan fingerprint density at radius 1 is 1.19 bits per heavy atom. The molecule has 0 aliphatic carbocycles. The molecule has 1 saturated heterocycles. The minimum absolute atomic E-state index is 0.159. The molecule has 0 saturated carbocycles. The molecule has 1 amide bonds. The predicted octanol–water partition coefficient (Wildman–Crippen LogP) is 1.58. The number of hydrogen-bond donors (Lipinski definition) is 0. The summed E-state index contributed by atoms with van der Waals surface area (Å²) in [5.74, 6) is 1.16. The summed E-state index contributed by atoms with van der Waals surface area (Å²) in [6, 6.07) is 9.87. The minimum atomic E-state index is 0.159. The highest BCUT2D eigenvalue weighted by Gasteiger charge is 2.25. The summed E-state index contributed by atoms with van der Waals surface area (Å²) in [7, 11) is 2.01. The molecule has 1 aliphatic heterocycles. The normalized spacial score (nSPS) is 16.5. The van der Waals surface area contributed by atoms with Crippen LogP contribution in [0, 0.1) is 6.92 Å². The molecule has 1 fully saturated rings. The first kappa shape index (κ1) is 13.8. The van der Waals surface area contributed by atoms with E-state index in [1.165, 1.54) is 0 Å². The number of rotatable bonds is 3. The van der Waals surface area contributed by atoms with Crippen LogP contribution in [0.4, 0.5) is 5.69 Å². The topological polar surface area (TPSA) is 41.4 Å². The summed E-state index contributed by atoms with van der Waals surface area (Å²) in [6.07, 6.45) is 1.89. The van der Waals surface area contributed by atoms with Gasteiger partial charge in [-0.05, 0) is 19.1 Å². The molecule has 0 radical (unpaired) electrons. The van der Waals surface area contributed by atoms with E-state index in [-0.39, 0.29) is 5.91 Å². The number of aromatic nitrogens is 2. The number of aryl methyl sites for hydroxylation is 1. The van der Waals surface area contributed by atoms with Crippen LogP contribution in [0.1, 0.15) is 11.5 Å². The van der Waals surface area contributed by atoms with E-state index < -0.39 is 0 Å². The van der Waals surface area contributed by atoms with Crippen molar-refractivity contribution in [3.63, 3.8) is 0 Å². The molecule has 1 aromatic heterocycles. The highest BCUT2D eigenvalue weighted by Crippen LogP contribution is 2.17. The van der Waals surface area contributed by atoms with Crippen LogP contribution in [0.15, 0.2) is 36.5 Å². The fraction of sp³-hybridized carbons (Fsp3) is 0.375. The molecule has 0 spiro atoms. The maximum absolute atomic E-state index is 12.3. The maximum atomic E-state index is 12.3. The molecule has 0 bridgehead atoms. The number of piperazine rings is 1. The van der Waals surface area contributed by atoms with Gasteiger partial charge in [0.05, 0.1) is 12.2 Å². The van der Waals surface area contributed by atoms with Crippen LogP contribution < -0.4 is 4.90 Å². The van der Waals surface area contributed by atoms with Crippen LogP contribution in [0.3, 0.4) is 0 Å². The van der Waals surface area contributed by atoms with Gasteiger partial charge in [0.15, 0.2) is 0 Å². The lowest BCUT2D eigenvalue weighted by Crippen LogP contribution is -2.50. The number of para-hydroxylation sites is 1. The molecule has 2 aromatic rings. The summed E-state index contributed by atoms with van der Waals surface area (Å²) in [5, 5.41) is 0. The fourth-order valence-corrected chi connectivity index (χ4v) is 2.66. The molecule has 110 valence electrons. The Bertz CT molecular complexity index is 635. The van der Waals surface area contributed by atoms with E-state index in [2.05, 4.69) is 14.5 Å². The van der Waals surface area contributed by atoms with E-state index in [9.17, 15) is 4.79 Å². The van der Waals surface area contributed by atoms with E-state index in [0.717, 1.165) is 36.8 Å². The molecule has 3 rings (SSSR count). The Kier molecular flexibility index (Phi) is 3.75. The third-order valence-corrected chi connectivity index (χ3v) is 4.07. The van der Waals surface area contributed by atoms with Crippen molar-refractivity contribution >= 4 is 11.6 Å². The van der Waals surface area contributed by atoms with Gasteiger partial charge in [-0.25, -0.2) is 4.98 Å². The number of amides is 1. The van der Waals surface area contributed by atoms with E-state index in [1.807, 2.05) is 55.4 Å². The van der Waals surface area contributed by atoms with E-state index >= 15 is 0 Å². The van der Waals surface area contributed by atoms with Crippen molar-refractivity contribution in [1.29, 1.82) is 0 Å². The van der Waals surface area contributed by atoms with Crippen LogP contribution in [-0.4, -0.2) is 40.0 Å². The van der Waals surface area contributed by atoms with Crippen molar-refractivity contribution < 1.29 is 4.79 Å². The molecule has 0 unspecified atom stereocenters. The summed E-state index contributed by atoms with van der Waals surface area (Å²) in [5.41, 5.74) is 2.13. The monoisotopic (exact) mass is 284 g/mol. The van der Waals surface area contributed by atoms with E-state index in [0.29, 0.717) is 6.54 Å². The molecule has 1 aromatic carbocycles. The van der Waals surface area contributed by atoms with Crippen LogP contribution in [0.25, 0.3) is 0 Å². The first-order valence-electron chi connectivity index (χ1n) is 7.20. The molecule has 5 heteroatoms. The van der Waals surface area contributed by atoms with E-state index in [1.54, 1.807) is 0 Å². The average Bonchev–Trinajstić information content (AvgIpc) is 2.80. The molecule has 2 heterocycles. The Balaban J connectivity index is 1.66. The van der Waals surface area contributed by atoms with Gasteiger partial charge in [-0.2, -0.15) is 0 Å². The Hall–Kier alpha value is -2.14. The molecule has 21 heavy (non-hydrogen) atoms. The van der Waals surface area contributed by atoms with Crippen LogP contribution in [0.2, 0.25) is 0 Å². The zero-order chi connectivity index (χ0) is 14.8. The highest BCUT2D eigenvalue weighted by atomic mass is 16.2. The predicted molar refractivity (Wildman–Crippen MR) is 82.0 cm³/mol. The summed E-state index contributed by atoms with van der Waals surface area (Å²) < 4.78 is 2.08. The van der Waals surface area contributed by atoms with Crippen molar-refractivity contribution in [3.8, 4) is 0 Å². The number of benzene rings is 1. The molecule has 1 aliphatic rings. The smallest absolute Gasteiger partial charge is 0.241 e. The van der Waals surface area contributed by atoms with Gasteiger partial charge in [-0.1, -0.05) is 18.2 Å². The Morgan fingerprint density at radius 3 is 2.57 bits per heavy atom. The van der Waals surface area contributed by atoms with Gasteiger partial charge in [0.1, 0.15) is 5.82 Å². The van der Waals surface area contributed by atoms with Crippen molar-refractivity contribution in [2.24, 2.45) is 7.05 Å². The first-order chi connectivity index (χ1) is 10.1. The Labute approximate surface area is 124 Å². The van der Waals surface area contributed by atoms with Crippen LogP contribution in [-0.2, 0) is 18.4 Å². The zero-order valence-corrected chi connectivity index (χ0v) is 12.5.